The van der Waals surface area contributed by atoms with Crippen LogP contribution in [0, 0.1) is 6.42 Å². The first kappa shape index (κ1) is 20.0. The number of halogens is 1. The minimum Gasteiger partial charge on any atom is -0.351 e. The molecule has 2 aliphatic heterocycles. The van der Waals surface area contributed by atoms with E-state index >= 15 is 0 Å². The molecule has 3 N–H and O–H groups in total. The molecule has 3 amide bonds. The molecule has 0 bridgehead atoms. The fraction of sp³-hybridized carbons (Fsp3) is 0.500. The zero-order chi connectivity index (χ0) is 20.4. The maximum atomic E-state index is 12.6. The van der Waals surface area contributed by atoms with Crippen molar-refractivity contribution in [3.05, 3.63) is 35.3 Å². The van der Waals surface area contributed by atoms with Crippen LogP contribution < -0.4 is 5.73 Å². The van der Waals surface area contributed by atoms with Gasteiger partial charge < -0.3 is 15.5 Å². The molecule has 29 heavy (non-hydrogen) atoms. The van der Waals surface area contributed by atoms with Gasteiger partial charge in [-0.2, -0.15) is 5.10 Å². The van der Waals surface area contributed by atoms with E-state index in [1.807, 2.05) is 17.0 Å². The number of nitrogens with one attached hydrogen (secondary N) is 1. The number of piperazine rings is 1. The summed E-state index contributed by atoms with van der Waals surface area (Å²) in [5, 5.41) is 8.45. The number of primary amides is 1. The Bertz CT molecular complexity index is 884. The van der Waals surface area contributed by atoms with Gasteiger partial charge in [0, 0.05) is 50.7 Å². The van der Waals surface area contributed by atoms with Crippen LogP contribution in [-0.4, -0.2) is 82.1 Å². The van der Waals surface area contributed by atoms with Crippen LogP contribution in [0.2, 0.25) is 5.02 Å². The molecule has 0 saturated carbocycles. The first-order valence-corrected chi connectivity index (χ1v) is 10.4. The molecule has 3 heterocycles. The Morgan fingerprint density at radius 3 is 2.55 bits per heavy atom. The van der Waals surface area contributed by atoms with E-state index in [2.05, 4.69) is 15.1 Å². The van der Waals surface area contributed by atoms with Crippen molar-refractivity contribution in [1.82, 2.24) is 24.9 Å². The Morgan fingerprint density at radius 2 is 1.86 bits per heavy atom. The molecule has 0 aliphatic carbocycles. The summed E-state index contributed by atoms with van der Waals surface area (Å²) in [6.45, 7) is 4.60. The van der Waals surface area contributed by atoms with Gasteiger partial charge in [-0.15, -0.1) is 0 Å². The standard InChI is InChI=1S/C20H26ClN6O2/c21-17-12-14(11-15-13-23-24-19(15)17)1-2-18(28)26-5-3-16(4-6-26)25-7-9-27(10-8-25)20(22)29/h2,11-13,16H,1,3-10H2,(H2,22,29)(H,23,24). The van der Waals surface area contributed by atoms with Crippen molar-refractivity contribution >= 4 is 34.4 Å². The summed E-state index contributed by atoms with van der Waals surface area (Å²) in [6.07, 6.45) is 5.95. The number of rotatable bonds is 4. The zero-order valence-corrected chi connectivity index (χ0v) is 17.1. The average molecular weight is 418 g/mol. The second-order valence-corrected chi connectivity index (χ2v) is 8.15. The van der Waals surface area contributed by atoms with Crippen LogP contribution in [0.15, 0.2) is 18.3 Å². The predicted octanol–water partition coefficient (Wildman–Crippen LogP) is 1.65. The third-order valence-corrected chi connectivity index (χ3v) is 6.29. The number of aromatic amines is 1. The molecule has 155 valence electrons. The van der Waals surface area contributed by atoms with Gasteiger partial charge in [0.25, 0.3) is 0 Å². The summed E-state index contributed by atoms with van der Waals surface area (Å²) in [5.41, 5.74) is 7.17. The number of urea groups is 1. The molecule has 2 saturated heterocycles. The Kier molecular flexibility index (Phi) is 5.91. The number of piperidine rings is 1. The average Bonchev–Trinajstić information content (AvgIpc) is 3.21. The van der Waals surface area contributed by atoms with Crippen LogP contribution in [0.4, 0.5) is 4.79 Å². The quantitative estimate of drug-likeness (QED) is 0.790. The van der Waals surface area contributed by atoms with Crippen LogP contribution in [-0.2, 0) is 11.2 Å². The highest BCUT2D eigenvalue weighted by Gasteiger charge is 2.29. The number of fused-ring (bicyclic) bond motifs is 1. The fourth-order valence-electron chi connectivity index (χ4n) is 4.28. The summed E-state index contributed by atoms with van der Waals surface area (Å²) in [6, 6.07) is 4.01. The molecular weight excluding hydrogens is 392 g/mol. The molecule has 2 aliphatic rings. The lowest BCUT2D eigenvalue weighted by Gasteiger charge is -2.42. The van der Waals surface area contributed by atoms with E-state index in [1.54, 1.807) is 17.5 Å². The second kappa shape index (κ2) is 8.59. The highest BCUT2D eigenvalue weighted by atomic mass is 35.5. The summed E-state index contributed by atoms with van der Waals surface area (Å²) in [4.78, 5) is 29.9. The number of carbonyl (C=O) groups excluding carboxylic acids is 2. The number of hydrogen-bond donors (Lipinski definition) is 2. The van der Waals surface area contributed by atoms with Gasteiger partial charge in [-0.05, 0) is 37.0 Å². The van der Waals surface area contributed by atoms with Crippen LogP contribution in [0.5, 0.6) is 0 Å². The first-order chi connectivity index (χ1) is 14.0. The molecular formula is C20H26ClN6O2. The molecule has 4 rings (SSSR count). The summed E-state index contributed by atoms with van der Waals surface area (Å²) >= 11 is 6.27. The summed E-state index contributed by atoms with van der Waals surface area (Å²) in [5.74, 6) is 0.0745. The molecule has 2 fully saturated rings. The predicted molar refractivity (Wildman–Crippen MR) is 111 cm³/mol. The van der Waals surface area contributed by atoms with Crippen molar-refractivity contribution in [3.8, 4) is 0 Å². The van der Waals surface area contributed by atoms with Crippen molar-refractivity contribution in [2.24, 2.45) is 5.73 Å². The lowest BCUT2D eigenvalue weighted by Crippen LogP contribution is -2.55. The SMILES string of the molecule is NC(=O)N1CCN(C2CCN(C(=O)[CH]Cc3cc(Cl)c4[nH]ncc4c3)CC2)CC1. The van der Waals surface area contributed by atoms with E-state index in [-0.39, 0.29) is 11.9 Å². The van der Waals surface area contributed by atoms with Crippen LogP contribution in [0.3, 0.4) is 0 Å². The maximum absolute atomic E-state index is 12.6. The van der Waals surface area contributed by atoms with Gasteiger partial charge in [-0.25, -0.2) is 4.79 Å². The van der Waals surface area contributed by atoms with Crippen LogP contribution in [0.25, 0.3) is 10.9 Å². The van der Waals surface area contributed by atoms with Crippen molar-refractivity contribution in [1.29, 1.82) is 0 Å². The third kappa shape index (κ3) is 4.48. The monoisotopic (exact) mass is 417 g/mol. The van der Waals surface area contributed by atoms with Gasteiger partial charge >= 0.3 is 6.03 Å². The minimum atomic E-state index is -0.339. The third-order valence-electron chi connectivity index (χ3n) is 5.99. The first-order valence-electron chi connectivity index (χ1n) is 10.0. The maximum Gasteiger partial charge on any atom is 0.314 e. The number of carbonyl (C=O) groups is 2. The number of H-pyrrole nitrogens is 1. The Balaban J connectivity index is 1.24. The summed E-state index contributed by atoms with van der Waals surface area (Å²) in [7, 11) is 0. The molecule has 0 unspecified atom stereocenters. The van der Waals surface area contributed by atoms with Crippen molar-refractivity contribution in [3.63, 3.8) is 0 Å². The second-order valence-electron chi connectivity index (χ2n) is 7.74. The Labute approximate surface area is 174 Å². The largest absolute Gasteiger partial charge is 0.351 e. The van der Waals surface area contributed by atoms with Crippen molar-refractivity contribution < 1.29 is 9.59 Å². The lowest BCUT2D eigenvalue weighted by molar-refractivity contribution is -0.129. The molecule has 9 heteroatoms. The number of benzene rings is 1. The molecule has 2 aromatic rings. The number of aromatic nitrogens is 2. The molecule has 8 nitrogen and oxygen atoms in total. The molecule has 1 aromatic carbocycles. The number of likely N-dealkylation sites (tertiary alicyclic amines) is 1. The van der Waals surface area contributed by atoms with E-state index in [1.165, 1.54) is 0 Å². The number of nitrogens with two attached hydrogens (primary N) is 1. The van der Waals surface area contributed by atoms with Crippen molar-refractivity contribution in [2.45, 2.75) is 25.3 Å². The van der Waals surface area contributed by atoms with E-state index in [0.29, 0.717) is 30.6 Å². The van der Waals surface area contributed by atoms with Gasteiger partial charge in [-0.1, -0.05) is 11.6 Å². The van der Waals surface area contributed by atoms with Gasteiger partial charge in [0.1, 0.15) is 0 Å². The smallest absolute Gasteiger partial charge is 0.314 e. The number of amides is 3. The molecule has 1 aromatic heterocycles. The van der Waals surface area contributed by atoms with Gasteiger partial charge in [0.05, 0.1) is 23.2 Å². The Hall–Kier alpha value is -2.32. The molecule has 0 spiro atoms. The summed E-state index contributed by atoms with van der Waals surface area (Å²) < 4.78 is 0. The normalized spacial score (nSPS) is 19.1. The van der Waals surface area contributed by atoms with Gasteiger partial charge in [0.15, 0.2) is 0 Å². The molecule has 1 radical (unpaired) electrons. The minimum absolute atomic E-state index is 0.0745. The van der Waals surface area contributed by atoms with E-state index in [4.69, 9.17) is 17.3 Å². The van der Waals surface area contributed by atoms with Crippen LogP contribution >= 0.6 is 11.6 Å². The highest BCUT2D eigenvalue weighted by Crippen LogP contribution is 2.24. The number of hydrogen-bond acceptors (Lipinski definition) is 4. The zero-order valence-electron chi connectivity index (χ0n) is 16.3. The highest BCUT2D eigenvalue weighted by molar-refractivity contribution is 6.35. The fourth-order valence-corrected chi connectivity index (χ4v) is 4.58. The van der Waals surface area contributed by atoms with Crippen molar-refractivity contribution in [2.75, 3.05) is 39.3 Å². The Morgan fingerprint density at radius 1 is 1.14 bits per heavy atom. The molecule has 0 atom stereocenters. The topological polar surface area (TPSA) is 98.6 Å². The lowest BCUT2D eigenvalue weighted by atomic mass is 10.0. The van der Waals surface area contributed by atoms with E-state index < -0.39 is 0 Å². The van der Waals surface area contributed by atoms with E-state index in [0.717, 1.165) is 55.5 Å². The van der Waals surface area contributed by atoms with Crippen LogP contribution in [0.1, 0.15) is 18.4 Å². The van der Waals surface area contributed by atoms with Gasteiger partial charge in [0.2, 0.25) is 5.91 Å². The van der Waals surface area contributed by atoms with E-state index in [9.17, 15) is 9.59 Å². The number of nitrogens with zero attached hydrogens (tertiary/aromatic N) is 4. The van der Waals surface area contributed by atoms with Gasteiger partial charge in [-0.3, -0.25) is 14.8 Å².